The van der Waals surface area contributed by atoms with Crippen LogP contribution in [0.15, 0.2) is 30.5 Å². The minimum Gasteiger partial charge on any atom is -0.394 e. The number of pyridine rings is 1. The average Bonchev–Trinajstić information content (AvgIpc) is 2.50. The maximum absolute atomic E-state index is 14.0. The third kappa shape index (κ3) is 4.36. The van der Waals surface area contributed by atoms with Gasteiger partial charge < -0.3 is 21.3 Å². The van der Waals surface area contributed by atoms with Crippen LogP contribution in [0, 0.1) is 9.39 Å². The molecule has 6 nitrogen and oxygen atoms in total. The minimum absolute atomic E-state index is 0.00800. The molecule has 2 aromatic rings. The molecular weight excluding hydrogens is 416 g/mol. The molecule has 2 rings (SSSR count). The number of aliphatic hydroxyl groups excluding tert-OH is 2. The van der Waals surface area contributed by atoms with E-state index in [2.05, 4.69) is 10.3 Å². The second-order valence-electron chi connectivity index (χ2n) is 4.83. The summed E-state index contributed by atoms with van der Waals surface area (Å²) in [6.45, 7) is -0.459. The molecule has 0 saturated carbocycles. The molecule has 0 aliphatic heterocycles. The van der Waals surface area contributed by atoms with E-state index in [9.17, 15) is 14.3 Å². The number of carbonyl (C=O) groups is 1. The highest BCUT2D eigenvalue weighted by molar-refractivity contribution is 14.1. The standard InChI is InChI=1S/C15H15FIN3O3/c16-11-5-8(17)1-2-12(11)20-14-10(15(18)23)3-4-19-13(14)6-9(22)7-21/h1-5,9,20-22H,6-7H2,(H2,18,23). The molecule has 8 heteroatoms. The first-order chi connectivity index (χ1) is 10.9. The molecule has 1 unspecified atom stereocenters. The number of amides is 1. The zero-order valence-electron chi connectivity index (χ0n) is 12.0. The zero-order valence-corrected chi connectivity index (χ0v) is 14.1. The van der Waals surface area contributed by atoms with Gasteiger partial charge in [0.15, 0.2) is 0 Å². The van der Waals surface area contributed by atoms with Crippen molar-refractivity contribution in [3.05, 3.63) is 51.1 Å². The summed E-state index contributed by atoms with van der Waals surface area (Å²) in [5.41, 5.74) is 6.15. The summed E-state index contributed by atoms with van der Waals surface area (Å²) >= 11 is 1.98. The predicted molar refractivity (Wildman–Crippen MR) is 92.0 cm³/mol. The van der Waals surface area contributed by atoms with Crippen molar-refractivity contribution >= 4 is 39.9 Å². The molecule has 0 fully saturated rings. The Kier molecular flexibility index (Phi) is 5.85. The van der Waals surface area contributed by atoms with Crippen molar-refractivity contribution in [2.24, 2.45) is 5.73 Å². The topological polar surface area (TPSA) is 108 Å². The fourth-order valence-electron chi connectivity index (χ4n) is 2.02. The molecule has 0 spiro atoms. The van der Waals surface area contributed by atoms with Crippen LogP contribution in [0.1, 0.15) is 16.1 Å². The van der Waals surface area contributed by atoms with Gasteiger partial charge in [-0.25, -0.2) is 4.39 Å². The third-order valence-corrected chi connectivity index (χ3v) is 3.80. The quantitative estimate of drug-likeness (QED) is 0.520. The van der Waals surface area contributed by atoms with Gasteiger partial charge in [-0.05, 0) is 46.9 Å². The minimum atomic E-state index is -1.05. The lowest BCUT2D eigenvalue weighted by atomic mass is 10.1. The summed E-state index contributed by atoms with van der Waals surface area (Å²) in [5, 5.41) is 21.4. The van der Waals surface area contributed by atoms with E-state index in [0.717, 1.165) is 3.57 Å². The second-order valence-corrected chi connectivity index (χ2v) is 6.08. The zero-order chi connectivity index (χ0) is 17.0. The van der Waals surface area contributed by atoms with Gasteiger partial charge in [-0.15, -0.1) is 0 Å². The van der Waals surface area contributed by atoms with E-state index in [1.807, 2.05) is 22.6 Å². The molecule has 1 heterocycles. The van der Waals surface area contributed by atoms with E-state index in [0.29, 0.717) is 5.69 Å². The maximum Gasteiger partial charge on any atom is 0.250 e. The molecule has 1 amide bonds. The molecule has 0 radical (unpaired) electrons. The lowest BCUT2D eigenvalue weighted by Gasteiger charge is -2.16. The number of nitrogens with one attached hydrogen (secondary N) is 1. The summed E-state index contributed by atoms with van der Waals surface area (Å²) in [6.07, 6.45) is 0.314. The molecule has 0 bridgehead atoms. The Morgan fingerprint density at radius 3 is 2.78 bits per heavy atom. The number of nitrogens with two attached hydrogens (primary N) is 1. The number of halogens is 2. The fraction of sp³-hybridized carbons (Fsp3) is 0.200. The number of hydrogen-bond acceptors (Lipinski definition) is 5. The molecule has 0 aliphatic carbocycles. The van der Waals surface area contributed by atoms with Crippen LogP contribution in [0.5, 0.6) is 0 Å². The number of aliphatic hydroxyl groups is 2. The molecule has 23 heavy (non-hydrogen) atoms. The van der Waals surface area contributed by atoms with E-state index < -0.39 is 24.4 Å². The average molecular weight is 431 g/mol. The number of aromatic nitrogens is 1. The summed E-state index contributed by atoms with van der Waals surface area (Å²) in [5.74, 6) is -1.20. The Morgan fingerprint density at radius 1 is 1.43 bits per heavy atom. The Balaban J connectivity index is 2.46. The molecule has 0 saturated heterocycles. The molecular formula is C15H15FIN3O3. The van der Waals surface area contributed by atoms with Crippen LogP contribution in [0.4, 0.5) is 15.8 Å². The Labute approximate surface area is 145 Å². The SMILES string of the molecule is NC(=O)c1ccnc(CC(O)CO)c1Nc1ccc(I)cc1F. The van der Waals surface area contributed by atoms with E-state index in [4.69, 9.17) is 10.8 Å². The van der Waals surface area contributed by atoms with Crippen LogP contribution < -0.4 is 11.1 Å². The van der Waals surface area contributed by atoms with Crippen molar-refractivity contribution in [2.75, 3.05) is 11.9 Å². The molecule has 122 valence electrons. The van der Waals surface area contributed by atoms with E-state index in [-0.39, 0.29) is 23.4 Å². The number of benzene rings is 1. The van der Waals surface area contributed by atoms with E-state index in [1.165, 1.54) is 24.4 Å². The number of nitrogens with zero attached hydrogens (tertiary/aromatic N) is 1. The van der Waals surface area contributed by atoms with Crippen LogP contribution in [0.2, 0.25) is 0 Å². The van der Waals surface area contributed by atoms with Gasteiger partial charge in [0.25, 0.3) is 5.91 Å². The Morgan fingerprint density at radius 2 is 2.17 bits per heavy atom. The van der Waals surface area contributed by atoms with Gasteiger partial charge in [0.1, 0.15) is 5.82 Å². The smallest absolute Gasteiger partial charge is 0.250 e. The van der Waals surface area contributed by atoms with Crippen molar-refractivity contribution in [1.82, 2.24) is 4.98 Å². The Bertz CT molecular complexity index is 727. The summed E-state index contributed by atoms with van der Waals surface area (Å²) in [6, 6.07) is 5.98. The van der Waals surface area contributed by atoms with Crippen LogP contribution in [-0.4, -0.2) is 33.8 Å². The van der Waals surface area contributed by atoms with Gasteiger partial charge >= 0.3 is 0 Å². The maximum atomic E-state index is 14.0. The predicted octanol–water partition coefficient (Wildman–Crippen LogP) is 1.56. The van der Waals surface area contributed by atoms with Gasteiger partial charge in [-0.2, -0.15) is 0 Å². The van der Waals surface area contributed by atoms with Crippen molar-refractivity contribution in [2.45, 2.75) is 12.5 Å². The highest BCUT2D eigenvalue weighted by Crippen LogP contribution is 2.27. The van der Waals surface area contributed by atoms with Crippen molar-refractivity contribution in [1.29, 1.82) is 0 Å². The van der Waals surface area contributed by atoms with Crippen molar-refractivity contribution < 1.29 is 19.4 Å². The van der Waals surface area contributed by atoms with Crippen molar-refractivity contribution in [3.8, 4) is 0 Å². The number of carbonyl (C=O) groups excluding carboxylic acids is 1. The fourth-order valence-corrected chi connectivity index (χ4v) is 2.47. The summed E-state index contributed by atoms with van der Waals surface area (Å²) in [4.78, 5) is 15.7. The monoisotopic (exact) mass is 431 g/mol. The molecule has 1 atom stereocenters. The number of hydrogen-bond donors (Lipinski definition) is 4. The van der Waals surface area contributed by atoms with Crippen LogP contribution in [0.25, 0.3) is 0 Å². The first-order valence-corrected chi connectivity index (χ1v) is 7.79. The number of rotatable bonds is 6. The van der Waals surface area contributed by atoms with Crippen molar-refractivity contribution in [3.63, 3.8) is 0 Å². The van der Waals surface area contributed by atoms with Gasteiger partial charge in [-0.3, -0.25) is 9.78 Å². The Hall–Kier alpha value is -1.78. The second kappa shape index (κ2) is 7.66. The van der Waals surface area contributed by atoms with E-state index in [1.54, 1.807) is 6.07 Å². The highest BCUT2D eigenvalue weighted by Gasteiger charge is 2.18. The summed E-state index contributed by atoms with van der Waals surface area (Å²) < 4.78 is 14.8. The normalized spacial score (nSPS) is 12.0. The molecule has 1 aromatic heterocycles. The molecule has 1 aromatic carbocycles. The molecule has 5 N–H and O–H groups in total. The molecule has 0 aliphatic rings. The van der Waals surface area contributed by atoms with Gasteiger partial charge in [0, 0.05) is 16.2 Å². The first kappa shape index (κ1) is 17.6. The highest BCUT2D eigenvalue weighted by atomic mass is 127. The van der Waals surface area contributed by atoms with Gasteiger partial charge in [0.05, 0.1) is 35.3 Å². The number of anilines is 2. The summed E-state index contributed by atoms with van der Waals surface area (Å²) in [7, 11) is 0. The van der Waals surface area contributed by atoms with Gasteiger partial charge in [0.2, 0.25) is 0 Å². The lowest BCUT2D eigenvalue weighted by Crippen LogP contribution is -2.20. The van der Waals surface area contributed by atoms with Crippen LogP contribution >= 0.6 is 22.6 Å². The van der Waals surface area contributed by atoms with Crippen LogP contribution in [0.3, 0.4) is 0 Å². The third-order valence-electron chi connectivity index (χ3n) is 3.13. The first-order valence-electron chi connectivity index (χ1n) is 6.71. The van der Waals surface area contributed by atoms with Gasteiger partial charge in [-0.1, -0.05) is 0 Å². The largest absolute Gasteiger partial charge is 0.394 e. The number of primary amides is 1. The van der Waals surface area contributed by atoms with E-state index >= 15 is 0 Å². The lowest BCUT2D eigenvalue weighted by molar-refractivity contribution is 0.0946. The van der Waals surface area contributed by atoms with Crippen LogP contribution in [-0.2, 0) is 6.42 Å².